The molecule has 0 aliphatic heterocycles. The Bertz CT molecular complexity index is 2020. The van der Waals surface area contributed by atoms with Crippen molar-refractivity contribution >= 4 is 65.6 Å². The molecule has 0 aliphatic rings. The van der Waals surface area contributed by atoms with Crippen LogP contribution < -0.4 is 0 Å². The Morgan fingerprint density at radius 1 is 0.545 bits per heavy atom. The minimum atomic E-state index is 0.925. The van der Waals surface area contributed by atoms with Gasteiger partial charge in [0.05, 0.1) is 16.4 Å². The smallest absolute Gasteiger partial charge is 0.145 e. The van der Waals surface area contributed by atoms with E-state index in [0.29, 0.717) is 0 Å². The van der Waals surface area contributed by atoms with Gasteiger partial charge in [-0.3, -0.25) is 0 Å². The number of furan rings is 1. The highest BCUT2D eigenvalue weighted by molar-refractivity contribution is 6.26. The van der Waals surface area contributed by atoms with Crippen LogP contribution in [0.25, 0.3) is 71.2 Å². The maximum absolute atomic E-state index is 6.48. The van der Waals surface area contributed by atoms with Gasteiger partial charge in [0.2, 0.25) is 0 Å². The normalized spacial score (nSPS) is 12.2. The van der Waals surface area contributed by atoms with Crippen molar-refractivity contribution < 1.29 is 4.42 Å². The molecule has 0 saturated carbocycles. The second kappa shape index (κ2) is 6.05. The van der Waals surface area contributed by atoms with Gasteiger partial charge in [-0.2, -0.15) is 0 Å². The third kappa shape index (κ3) is 2.18. The monoisotopic (exact) mass is 422 g/mol. The molecule has 0 saturated heterocycles. The number of hydrogen-bond donors (Lipinski definition) is 1. The Hall–Kier alpha value is -4.50. The molecule has 8 rings (SSSR count). The summed E-state index contributed by atoms with van der Waals surface area (Å²) >= 11 is 0. The Labute approximate surface area is 188 Å². The number of fused-ring (bicyclic) bond motifs is 10. The lowest BCUT2D eigenvalue weighted by atomic mass is 10.1. The van der Waals surface area contributed by atoms with Gasteiger partial charge < -0.3 is 14.0 Å². The first-order chi connectivity index (χ1) is 16.4. The molecule has 3 aromatic heterocycles. The Kier molecular flexibility index (Phi) is 3.14. The molecule has 5 aromatic carbocycles. The summed E-state index contributed by atoms with van der Waals surface area (Å²) in [4.78, 5) is 3.62. The van der Waals surface area contributed by atoms with Crippen LogP contribution in [0.5, 0.6) is 0 Å². The molecule has 0 unspecified atom stereocenters. The fourth-order valence-electron chi connectivity index (χ4n) is 5.48. The molecular formula is C30H18N2O. The minimum absolute atomic E-state index is 0.925. The zero-order valence-electron chi connectivity index (χ0n) is 17.7. The minimum Gasteiger partial charge on any atom is -0.455 e. The van der Waals surface area contributed by atoms with Crippen molar-refractivity contribution in [3.8, 4) is 5.69 Å². The summed E-state index contributed by atoms with van der Waals surface area (Å²) in [6, 6.07) is 36.4. The Morgan fingerprint density at radius 2 is 1.33 bits per heavy atom. The molecule has 0 spiro atoms. The van der Waals surface area contributed by atoms with E-state index in [0.717, 1.165) is 49.6 Å². The van der Waals surface area contributed by atoms with Crippen LogP contribution in [-0.4, -0.2) is 9.55 Å². The summed E-state index contributed by atoms with van der Waals surface area (Å²) in [6.07, 6.45) is 0. The summed E-state index contributed by atoms with van der Waals surface area (Å²) in [5, 5.41) is 7.16. The number of aromatic amines is 1. The quantitative estimate of drug-likeness (QED) is 0.283. The van der Waals surface area contributed by atoms with Crippen LogP contribution in [0.1, 0.15) is 0 Å². The van der Waals surface area contributed by atoms with Crippen LogP contribution in [0.4, 0.5) is 0 Å². The van der Waals surface area contributed by atoms with Gasteiger partial charge in [0.1, 0.15) is 11.2 Å². The van der Waals surface area contributed by atoms with E-state index >= 15 is 0 Å². The predicted octanol–water partition coefficient (Wildman–Crippen LogP) is 8.32. The highest BCUT2D eigenvalue weighted by Crippen LogP contribution is 2.42. The largest absolute Gasteiger partial charge is 0.455 e. The van der Waals surface area contributed by atoms with Crippen LogP contribution in [-0.2, 0) is 0 Å². The topological polar surface area (TPSA) is 33.9 Å². The van der Waals surface area contributed by atoms with E-state index in [2.05, 4.69) is 107 Å². The predicted molar refractivity (Wildman–Crippen MR) is 137 cm³/mol. The van der Waals surface area contributed by atoms with Crippen molar-refractivity contribution in [1.82, 2.24) is 9.55 Å². The molecule has 0 aliphatic carbocycles. The van der Waals surface area contributed by atoms with Gasteiger partial charge in [0.15, 0.2) is 0 Å². The molecular weight excluding hydrogens is 404 g/mol. The molecule has 8 aromatic rings. The second-order valence-electron chi connectivity index (χ2n) is 8.69. The number of benzene rings is 5. The SMILES string of the molecule is c1ccc(-n2c3cc4[nH]c5ccccc5c4cc3c3c4oc5ccccc5c4ccc32)cc1. The fourth-order valence-corrected chi connectivity index (χ4v) is 5.48. The summed E-state index contributed by atoms with van der Waals surface area (Å²) in [6.45, 7) is 0. The molecule has 0 amide bonds. The highest BCUT2D eigenvalue weighted by Gasteiger charge is 2.20. The first-order valence-corrected chi connectivity index (χ1v) is 11.2. The van der Waals surface area contributed by atoms with Crippen LogP contribution in [0, 0.1) is 0 Å². The number of para-hydroxylation sites is 3. The molecule has 0 atom stereocenters. The maximum Gasteiger partial charge on any atom is 0.145 e. The first kappa shape index (κ1) is 17.1. The van der Waals surface area contributed by atoms with E-state index in [9.17, 15) is 0 Å². The third-order valence-electron chi connectivity index (χ3n) is 6.91. The summed E-state index contributed by atoms with van der Waals surface area (Å²) in [7, 11) is 0. The van der Waals surface area contributed by atoms with Crippen molar-refractivity contribution in [1.29, 1.82) is 0 Å². The second-order valence-corrected chi connectivity index (χ2v) is 8.69. The van der Waals surface area contributed by atoms with Gasteiger partial charge in [-0.05, 0) is 48.5 Å². The average Bonchev–Trinajstić information content (AvgIpc) is 3.52. The first-order valence-electron chi connectivity index (χ1n) is 11.2. The average molecular weight is 422 g/mol. The van der Waals surface area contributed by atoms with E-state index < -0.39 is 0 Å². The highest BCUT2D eigenvalue weighted by atomic mass is 16.3. The van der Waals surface area contributed by atoms with E-state index in [-0.39, 0.29) is 0 Å². The number of hydrogen-bond acceptors (Lipinski definition) is 1. The van der Waals surface area contributed by atoms with Gasteiger partial charge in [0.25, 0.3) is 0 Å². The summed E-state index contributed by atoms with van der Waals surface area (Å²) < 4.78 is 8.83. The van der Waals surface area contributed by atoms with E-state index in [1.807, 2.05) is 6.07 Å². The molecule has 0 fully saturated rings. The van der Waals surface area contributed by atoms with Crippen LogP contribution in [0.2, 0.25) is 0 Å². The molecule has 3 heteroatoms. The van der Waals surface area contributed by atoms with E-state index in [1.54, 1.807) is 0 Å². The Balaban J connectivity index is 1.65. The van der Waals surface area contributed by atoms with Gasteiger partial charge >= 0.3 is 0 Å². The number of aromatic nitrogens is 2. The zero-order chi connectivity index (χ0) is 21.5. The standard InChI is InChI=1S/C30H18N2O/c1-2-8-18(9-3-1)32-26-15-14-21-20-11-5-7-13-28(20)33-30(21)29(26)23-16-22-19-10-4-6-12-24(19)31-25(22)17-27(23)32/h1-17,31H. The van der Waals surface area contributed by atoms with Gasteiger partial charge in [-0.15, -0.1) is 0 Å². The lowest BCUT2D eigenvalue weighted by Crippen LogP contribution is -1.92. The lowest BCUT2D eigenvalue weighted by Gasteiger charge is -2.07. The van der Waals surface area contributed by atoms with Crippen LogP contribution in [0.15, 0.2) is 108 Å². The van der Waals surface area contributed by atoms with E-state index in [1.165, 1.54) is 21.7 Å². The summed E-state index contributed by atoms with van der Waals surface area (Å²) in [5.41, 5.74) is 7.64. The molecule has 154 valence electrons. The van der Waals surface area contributed by atoms with Crippen molar-refractivity contribution in [3.05, 3.63) is 103 Å². The Morgan fingerprint density at radius 3 is 2.24 bits per heavy atom. The van der Waals surface area contributed by atoms with Crippen molar-refractivity contribution in [2.75, 3.05) is 0 Å². The molecule has 0 radical (unpaired) electrons. The molecule has 33 heavy (non-hydrogen) atoms. The van der Waals surface area contributed by atoms with Crippen LogP contribution >= 0.6 is 0 Å². The van der Waals surface area contributed by atoms with Gasteiger partial charge in [0, 0.05) is 43.7 Å². The number of nitrogens with one attached hydrogen (secondary N) is 1. The lowest BCUT2D eigenvalue weighted by molar-refractivity contribution is 0.673. The van der Waals surface area contributed by atoms with Crippen LogP contribution in [0.3, 0.4) is 0 Å². The van der Waals surface area contributed by atoms with Gasteiger partial charge in [-0.1, -0.05) is 54.6 Å². The maximum atomic E-state index is 6.48. The molecule has 0 bridgehead atoms. The number of nitrogens with zero attached hydrogens (tertiary/aromatic N) is 1. The van der Waals surface area contributed by atoms with E-state index in [4.69, 9.17) is 4.42 Å². The number of rotatable bonds is 1. The van der Waals surface area contributed by atoms with Gasteiger partial charge in [-0.25, -0.2) is 0 Å². The summed E-state index contributed by atoms with van der Waals surface area (Å²) in [5.74, 6) is 0. The zero-order valence-corrected chi connectivity index (χ0v) is 17.7. The molecule has 3 nitrogen and oxygen atoms in total. The van der Waals surface area contributed by atoms with Crippen molar-refractivity contribution in [3.63, 3.8) is 0 Å². The molecule has 3 heterocycles. The third-order valence-corrected chi connectivity index (χ3v) is 6.91. The fraction of sp³-hybridized carbons (Fsp3) is 0. The van der Waals surface area contributed by atoms with Crippen molar-refractivity contribution in [2.45, 2.75) is 0 Å². The number of H-pyrrole nitrogens is 1. The van der Waals surface area contributed by atoms with Crippen molar-refractivity contribution in [2.24, 2.45) is 0 Å². The molecule has 1 N–H and O–H groups in total.